The molecule has 1 fully saturated rings. The fourth-order valence-electron chi connectivity index (χ4n) is 3.88. The van der Waals surface area contributed by atoms with Crippen molar-refractivity contribution in [1.82, 2.24) is 9.80 Å². The third-order valence-electron chi connectivity index (χ3n) is 5.62. The fraction of sp³-hybridized carbons (Fsp3) is 0.417. The minimum absolute atomic E-state index is 0.0159. The van der Waals surface area contributed by atoms with Gasteiger partial charge in [-0.2, -0.15) is 0 Å². The Labute approximate surface area is 182 Å². The zero-order valence-corrected chi connectivity index (χ0v) is 17.8. The standard InChI is InChI=1S/C24H28N2O5/c1-2-29-20-6-4-19(5-7-20)21(27)8-10-24(28)26-13-11-25(12-14-26)16-18-3-9-22-23(15-18)31-17-30-22/h3-7,9,15H,2,8,10-14,16-17H2,1H3. The number of ether oxygens (including phenoxy) is 3. The monoisotopic (exact) mass is 424 g/mol. The van der Waals surface area contributed by atoms with E-state index < -0.39 is 0 Å². The number of carbonyl (C=O) groups excluding carboxylic acids is 2. The normalized spacial score (nSPS) is 15.7. The highest BCUT2D eigenvalue weighted by Crippen LogP contribution is 2.32. The molecule has 0 unspecified atom stereocenters. The lowest BCUT2D eigenvalue weighted by molar-refractivity contribution is -0.132. The number of amides is 1. The number of piperazine rings is 1. The average Bonchev–Trinajstić information content (AvgIpc) is 3.26. The van der Waals surface area contributed by atoms with Gasteiger partial charge >= 0.3 is 0 Å². The van der Waals surface area contributed by atoms with Gasteiger partial charge in [0, 0.05) is 51.1 Å². The molecule has 7 heteroatoms. The van der Waals surface area contributed by atoms with Crippen molar-refractivity contribution < 1.29 is 23.8 Å². The molecule has 0 saturated carbocycles. The molecule has 1 saturated heterocycles. The number of Topliss-reactive ketones (excluding diaryl/α,β-unsaturated/α-hetero) is 1. The van der Waals surface area contributed by atoms with Gasteiger partial charge in [-0.15, -0.1) is 0 Å². The van der Waals surface area contributed by atoms with Crippen molar-refractivity contribution in [2.24, 2.45) is 0 Å². The Kier molecular flexibility index (Phi) is 6.72. The number of benzene rings is 2. The second-order valence-corrected chi connectivity index (χ2v) is 7.73. The first-order valence-corrected chi connectivity index (χ1v) is 10.8. The molecule has 7 nitrogen and oxygen atoms in total. The zero-order chi connectivity index (χ0) is 21.6. The van der Waals surface area contributed by atoms with Crippen LogP contribution in [0.1, 0.15) is 35.7 Å². The van der Waals surface area contributed by atoms with Gasteiger partial charge in [0.05, 0.1) is 6.61 Å². The molecule has 0 aromatic heterocycles. The van der Waals surface area contributed by atoms with Gasteiger partial charge in [0.1, 0.15) is 5.75 Å². The van der Waals surface area contributed by atoms with Gasteiger partial charge in [0.15, 0.2) is 17.3 Å². The summed E-state index contributed by atoms with van der Waals surface area (Å²) < 4.78 is 16.2. The van der Waals surface area contributed by atoms with E-state index >= 15 is 0 Å². The van der Waals surface area contributed by atoms with Crippen molar-refractivity contribution in [2.75, 3.05) is 39.6 Å². The van der Waals surface area contributed by atoms with Crippen LogP contribution in [0.4, 0.5) is 0 Å². The maximum atomic E-state index is 12.6. The van der Waals surface area contributed by atoms with E-state index in [2.05, 4.69) is 11.0 Å². The molecule has 31 heavy (non-hydrogen) atoms. The number of nitrogens with zero attached hydrogens (tertiary/aromatic N) is 2. The number of hydrogen-bond donors (Lipinski definition) is 0. The number of hydrogen-bond acceptors (Lipinski definition) is 6. The van der Waals surface area contributed by atoms with Crippen LogP contribution in [0, 0.1) is 0 Å². The molecule has 2 aliphatic heterocycles. The maximum absolute atomic E-state index is 12.6. The fourth-order valence-corrected chi connectivity index (χ4v) is 3.88. The van der Waals surface area contributed by atoms with E-state index in [4.69, 9.17) is 14.2 Å². The Morgan fingerprint density at radius 3 is 2.42 bits per heavy atom. The molecule has 4 rings (SSSR count). The van der Waals surface area contributed by atoms with Gasteiger partial charge in [-0.1, -0.05) is 6.07 Å². The minimum atomic E-state index is -0.0159. The second kappa shape index (κ2) is 9.83. The van der Waals surface area contributed by atoms with Crippen LogP contribution in [0.15, 0.2) is 42.5 Å². The largest absolute Gasteiger partial charge is 0.494 e. The van der Waals surface area contributed by atoms with E-state index in [9.17, 15) is 9.59 Å². The third-order valence-corrected chi connectivity index (χ3v) is 5.62. The van der Waals surface area contributed by atoms with Crippen LogP contribution in [-0.4, -0.2) is 61.1 Å². The summed E-state index contributed by atoms with van der Waals surface area (Å²) in [6.07, 6.45) is 0.471. The van der Waals surface area contributed by atoms with Crippen LogP contribution in [0.3, 0.4) is 0 Å². The van der Waals surface area contributed by atoms with Crippen molar-refractivity contribution in [1.29, 1.82) is 0 Å². The van der Waals surface area contributed by atoms with Gasteiger partial charge in [-0.3, -0.25) is 14.5 Å². The molecule has 2 aromatic rings. The van der Waals surface area contributed by atoms with Crippen LogP contribution in [0.25, 0.3) is 0 Å². The molecule has 2 heterocycles. The summed E-state index contributed by atoms with van der Waals surface area (Å²) in [4.78, 5) is 29.2. The molecule has 164 valence electrons. The Morgan fingerprint density at radius 2 is 1.68 bits per heavy atom. The molecule has 2 aromatic carbocycles. The Balaban J connectivity index is 1.20. The lowest BCUT2D eigenvalue weighted by Gasteiger charge is -2.34. The first kappa shape index (κ1) is 21.2. The Bertz CT molecular complexity index is 920. The number of rotatable bonds is 8. The summed E-state index contributed by atoms with van der Waals surface area (Å²) in [5.41, 5.74) is 1.79. The first-order chi connectivity index (χ1) is 15.1. The van der Waals surface area contributed by atoms with Gasteiger partial charge in [-0.05, 0) is 48.9 Å². The lowest BCUT2D eigenvalue weighted by Crippen LogP contribution is -2.48. The van der Waals surface area contributed by atoms with E-state index in [0.717, 1.165) is 36.9 Å². The molecule has 0 atom stereocenters. The van der Waals surface area contributed by atoms with E-state index in [-0.39, 0.29) is 31.3 Å². The first-order valence-electron chi connectivity index (χ1n) is 10.8. The molecule has 2 aliphatic rings. The summed E-state index contributed by atoms with van der Waals surface area (Å²) in [5, 5.41) is 0. The number of ketones is 1. The van der Waals surface area contributed by atoms with Crippen molar-refractivity contribution in [3.8, 4) is 17.2 Å². The predicted molar refractivity (Wildman–Crippen MR) is 116 cm³/mol. The number of fused-ring (bicyclic) bond motifs is 1. The van der Waals surface area contributed by atoms with Crippen LogP contribution in [-0.2, 0) is 11.3 Å². The molecular formula is C24H28N2O5. The van der Waals surface area contributed by atoms with E-state index in [1.807, 2.05) is 24.0 Å². The van der Waals surface area contributed by atoms with Crippen LogP contribution in [0.5, 0.6) is 17.2 Å². The Hall–Kier alpha value is -3.06. The van der Waals surface area contributed by atoms with Crippen molar-refractivity contribution in [3.63, 3.8) is 0 Å². The zero-order valence-electron chi connectivity index (χ0n) is 17.8. The van der Waals surface area contributed by atoms with Crippen LogP contribution < -0.4 is 14.2 Å². The van der Waals surface area contributed by atoms with Gasteiger partial charge in [0.2, 0.25) is 12.7 Å². The highest BCUT2D eigenvalue weighted by Gasteiger charge is 2.22. The molecule has 0 aliphatic carbocycles. The average molecular weight is 424 g/mol. The summed E-state index contributed by atoms with van der Waals surface area (Å²) >= 11 is 0. The summed E-state index contributed by atoms with van der Waals surface area (Å²) in [5.74, 6) is 2.36. The summed E-state index contributed by atoms with van der Waals surface area (Å²) in [6.45, 7) is 6.59. The van der Waals surface area contributed by atoms with Gasteiger partial charge in [-0.25, -0.2) is 0 Å². The highest BCUT2D eigenvalue weighted by molar-refractivity contribution is 5.98. The minimum Gasteiger partial charge on any atom is -0.494 e. The quantitative estimate of drug-likeness (QED) is 0.607. The Morgan fingerprint density at radius 1 is 0.935 bits per heavy atom. The third kappa shape index (κ3) is 5.35. The van der Waals surface area contributed by atoms with Crippen molar-refractivity contribution in [2.45, 2.75) is 26.3 Å². The molecule has 0 bridgehead atoms. The second-order valence-electron chi connectivity index (χ2n) is 7.73. The van der Waals surface area contributed by atoms with Gasteiger partial charge < -0.3 is 19.1 Å². The topological polar surface area (TPSA) is 68.3 Å². The predicted octanol–water partition coefficient (Wildman–Crippen LogP) is 3.12. The van der Waals surface area contributed by atoms with E-state index in [1.54, 1.807) is 24.3 Å². The number of carbonyl (C=O) groups is 2. The van der Waals surface area contributed by atoms with Crippen molar-refractivity contribution >= 4 is 11.7 Å². The molecule has 1 amide bonds. The van der Waals surface area contributed by atoms with Crippen LogP contribution >= 0.6 is 0 Å². The van der Waals surface area contributed by atoms with Crippen molar-refractivity contribution in [3.05, 3.63) is 53.6 Å². The smallest absolute Gasteiger partial charge is 0.231 e. The van der Waals surface area contributed by atoms with Gasteiger partial charge in [0.25, 0.3) is 0 Å². The summed E-state index contributed by atoms with van der Waals surface area (Å²) in [7, 11) is 0. The lowest BCUT2D eigenvalue weighted by atomic mass is 10.1. The molecular weight excluding hydrogens is 396 g/mol. The molecule has 0 spiro atoms. The van der Waals surface area contributed by atoms with E-state index in [0.29, 0.717) is 25.3 Å². The summed E-state index contributed by atoms with van der Waals surface area (Å²) in [6, 6.07) is 13.1. The SMILES string of the molecule is CCOc1ccc(C(=O)CCC(=O)N2CCN(Cc3ccc4c(c3)OCO4)CC2)cc1. The maximum Gasteiger partial charge on any atom is 0.231 e. The van der Waals surface area contributed by atoms with Crippen LogP contribution in [0.2, 0.25) is 0 Å². The van der Waals surface area contributed by atoms with E-state index in [1.165, 1.54) is 5.56 Å². The highest BCUT2D eigenvalue weighted by atomic mass is 16.7. The molecule has 0 radical (unpaired) electrons. The molecule has 0 N–H and O–H groups in total.